The molecule has 0 spiro atoms. The fourth-order valence-corrected chi connectivity index (χ4v) is 2.99. The van der Waals surface area contributed by atoms with E-state index in [2.05, 4.69) is 26.2 Å². The van der Waals surface area contributed by atoms with E-state index in [1.807, 2.05) is 0 Å². The van der Waals surface area contributed by atoms with Gasteiger partial charge in [0.25, 0.3) is 0 Å². The molecule has 0 radical (unpaired) electrons. The summed E-state index contributed by atoms with van der Waals surface area (Å²) in [5.41, 5.74) is 0.158. The number of hydrogen-bond donors (Lipinski definition) is 0. The molecule has 0 aliphatic carbocycles. The Hall–Kier alpha value is -2.58. The van der Waals surface area contributed by atoms with E-state index in [0.29, 0.717) is 15.1 Å². The molecule has 138 valence electrons. The minimum Gasteiger partial charge on any atom is -0.461 e. The second-order valence-electron chi connectivity index (χ2n) is 5.37. The molecule has 0 aliphatic heterocycles. The van der Waals surface area contributed by atoms with Crippen LogP contribution in [0, 0.1) is 10.7 Å². The topological polar surface area (TPSA) is 73.5 Å². The first kappa shape index (κ1) is 19.2. The first-order chi connectivity index (χ1) is 13.0. The van der Waals surface area contributed by atoms with Crippen molar-refractivity contribution >= 4 is 39.2 Å². The molecule has 0 N–H and O–H groups in total. The van der Waals surface area contributed by atoms with Gasteiger partial charge in [-0.2, -0.15) is 5.10 Å². The molecule has 3 rings (SSSR count). The smallest absolute Gasteiger partial charge is 0.361 e. The highest BCUT2D eigenvalue weighted by Crippen LogP contribution is 2.37. The summed E-state index contributed by atoms with van der Waals surface area (Å²) in [7, 11) is 0. The van der Waals surface area contributed by atoms with Crippen molar-refractivity contribution in [1.29, 1.82) is 0 Å². The van der Waals surface area contributed by atoms with Crippen LogP contribution in [0.1, 0.15) is 17.4 Å². The predicted octanol–water partition coefficient (Wildman–Crippen LogP) is 5.67. The van der Waals surface area contributed by atoms with Crippen LogP contribution in [0.4, 0.5) is 10.1 Å². The minimum absolute atomic E-state index is 0.0450. The zero-order valence-electron chi connectivity index (χ0n) is 13.9. The third-order valence-corrected chi connectivity index (χ3v) is 4.42. The molecule has 0 fully saturated rings. The summed E-state index contributed by atoms with van der Waals surface area (Å²) < 4.78 is 21.2. The van der Waals surface area contributed by atoms with Gasteiger partial charge < -0.3 is 4.74 Å². The van der Waals surface area contributed by atoms with Gasteiger partial charge in [0, 0.05) is 15.1 Å². The van der Waals surface area contributed by atoms with Gasteiger partial charge in [-0.15, -0.1) is 4.91 Å². The summed E-state index contributed by atoms with van der Waals surface area (Å²) in [5.74, 6) is -1.42. The van der Waals surface area contributed by atoms with E-state index in [-0.39, 0.29) is 29.4 Å². The van der Waals surface area contributed by atoms with Crippen LogP contribution in [-0.2, 0) is 4.74 Å². The first-order valence-corrected chi connectivity index (χ1v) is 8.98. The largest absolute Gasteiger partial charge is 0.461 e. The molecule has 6 nitrogen and oxygen atoms in total. The van der Waals surface area contributed by atoms with Crippen LogP contribution in [0.5, 0.6) is 0 Å². The van der Waals surface area contributed by atoms with E-state index in [1.54, 1.807) is 37.3 Å². The number of benzene rings is 2. The van der Waals surface area contributed by atoms with Gasteiger partial charge in [0.2, 0.25) is 5.69 Å². The molecule has 0 unspecified atom stereocenters. The highest BCUT2D eigenvalue weighted by Gasteiger charge is 2.28. The number of nitroso groups, excluding NO2 is 1. The second kappa shape index (κ2) is 7.98. The number of hydrogen-bond acceptors (Lipinski definition) is 5. The summed E-state index contributed by atoms with van der Waals surface area (Å²) in [6.07, 6.45) is 0. The lowest BCUT2D eigenvalue weighted by Crippen LogP contribution is -2.07. The van der Waals surface area contributed by atoms with E-state index in [4.69, 9.17) is 16.3 Å². The molecule has 1 aromatic heterocycles. The first-order valence-electron chi connectivity index (χ1n) is 7.81. The summed E-state index contributed by atoms with van der Waals surface area (Å²) >= 11 is 9.11. The van der Waals surface area contributed by atoms with Crippen molar-refractivity contribution in [3.8, 4) is 16.9 Å². The van der Waals surface area contributed by atoms with Crippen molar-refractivity contribution in [2.24, 2.45) is 5.18 Å². The summed E-state index contributed by atoms with van der Waals surface area (Å²) in [6, 6.07) is 10.8. The number of nitrogens with zero attached hydrogens (tertiary/aromatic N) is 3. The molecule has 0 saturated carbocycles. The van der Waals surface area contributed by atoms with Gasteiger partial charge in [-0.1, -0.05) is 39.7 Å². The lowest BCUT2D eigenvalue weighted by molar-refractivity contribution is 0.0520. The van der Waals surface area contributed by atoms with Crippen LogP contribution in [0.15, 0.2) is 52.1 Å². The second-order valence-corrected chi connectivity index (χ2v) is 6.72. The average molecular weight is 453 g/mol. The maximum atomic E-state index is 14.6. The van der Waals surface area contributed by atoms with Crippen molar-refractivity contribution < 1.29 is 13.9 Å². The monoisotopic (exact) mass is 451 g/mol. The molecule has 0 aliphatic rings. The van der Waals surface area contributed by atoms with Gasteiger partial charge in [-0.25, -0.2) is 13.9 Å². The van der Waals surface area contributed by atoms with Gasteiger partial charge in [0.1, 0.15) is 17.2 Å². The summed E-state index contributed by atoms with van der Waals surface area (Å²) in [5, 5.41) is 7.56. The van der Waals surface area contributed by atoms with E-state index in [9.17, 15) is 14.1 Å². The molecule has 0 amide bonds. The number of carbonyl (C=O) groups excluding carboxylic acids is 1. The third-order valence-electron chi connectivity index (χ3n) is 3.68. The Balaban J connectivity index is 2.32. The quantitative estimate of drug-likeness (QED) is 0.369. The maximum Gasteiger partial charge on any atom is 0.361 e. The van der Waals surface area contributed by atoms with Crippen LogP contribution in [-0.4, -0.2) is 22.4 Å². The van der Waals surface area contributed by atoms with Crippen molar-refractivity contribution in [1.82, 2.24) is 9.78 Å². The molecule has 1 heterocycles. The van der Waals surface area contributed by atoms with Crippen molar-refractivity contribution in [2.75, 3.05) is 6.61 Å². The lowest BCUT2D eigenvalue weighted by atomic mass is 10.1. The van der Waals surface area contributed by atoms with Crippen molar-refractivity contribution in [2.45, 2.75) is 6.92 Å². The molecule has 3 aromatic rings. The Kier molecular flexibility index (Phi) is 5.67. The normalized spacial score (nSPS) is 10.7. The Morgan fingerprint density at radius 1 is 1.30 bits per heavy atom. The molecule has 9 heteroatoms. The van der Waals surface area contributed by atoms with Crippen molar-refractivity contribution in [3.63, 3.8) is 0 Å². The van der Waals surface area contributed by atoms with E-state index in [0.717, 1.165) is 4.68 Å². The minimum atomic E-state index is -0.821. The standard InChI is InChI=1S/C18H12BrClFN3O3/c1-2-27-18(25)16-15(23-26)17(10-3-6-12(20)7-4-10)24(22-16)14-8-5-11(19)9-13(14)21/h3-9H,2H2,1H3. The average Bonchev–Trinajstić information content (AvgIpc) is 3.02. The van der Waals surface area contributed by atoms with E-state index < -0.39 is 11.8 Å². The summed E-state index contributed by atoms with van der Waals surface area (Å²) in [4.78, 5) is 23.8. The fraction of sp³-hybridized carbons (Fsp3) is 0.111. The molecule has 2 aromatic carbocycles. The Labute approximate surface area is 167 Å². The van der Waals surface area contributed by atoms with Gasteiger partial charge in [-0.3, -0.25) is 0 Å². The Morgan fingerprint density at radius 2 is 2.00 bits per heavy atom. The molecule has 0 bridgehead atoms. The molecule has 27 heavy (non-hydrogen) atoms. The molecule has 0 saturated heterocycles. The molecule has 0 atom stereocenters. The number of ether oxygens (including phenoxy) is 1. The van der Waals surface area contributed by atoms with E-state index >= 15 is 0 Å². The highest BCUT2D eigenvalue weighted by molar-refractivity contribution is 9.10. The molecular weight excluding hydrogens is 441 g/mol. The van der Waals surface area contributed by atoms with Gasteiger partial charge in [0.15, 0.2) is 5.69 Å². The fourth-order valence-electron chi connectivity index (χ4n) is 2.53. The van der Waals surface area contributed by atoms with Crippen LogP contribution in [0.25, 0.3) is 16.9 Å². The van der Waals surface area contributed by atoms with Gasteiger partial charge >= 0.3 is 5.97 Å². The van der Waals surface area contributed by atoms with Crippen LogP contribution < -0.4 is 0 Å². The van der Waals surface area contributed by atoms with E-state index in [1.165, 1.54) is 12.1 Å². The Bertz CT molecular complexity index is 1020. The number of halogens is 3. The summed E-state index contributed by atoms with van der Waals surface area (Å²) in [6.45, 7) is 1.71. The zero-order valence-corrected chi connectivity index (χ0v) is 16.3. The van der Waals surface area contributed by atoms with Gasteiger partial charge in [0.05, 0.1) is 6.61 Å². The van der Waals surface area contributed by atoms with Crippen LogP contribution >= 0.6 is 27.5 Å². The number of carbonyl (C=O) groups is 1. The van der Waals surface area contributed by atoms with Crippen LogP contribution in [0.2, 0.25) is 5.02 Å². The number of esters is 1. The SMILES string of the molecule is CCOC(=O)c1nn(-c2ccc(Br)cc2F)c(-c2ccc(Cl)cc2)c1N=O. The lowest BCUT2D eigenvalue weighted by Gasteiger charge is -2.09. The van der Waals surface area contributed by atoms with Crippen LogP contribution in [0.3, 0.4) is 0 Å². The number of aromatic nitrogens is 2. The van der Waals surface area contributed by atoms with Gasteiger partial charge in [-0.05, 0) is 42.4 Å². The maximum absolute atomic E-state index is 14.6. The third kappa shape index (κ3) is 3.77. The Morgan fingerprint density at radius 3 is 2.59 bits per heavy atom. The highest BCUT2D eigenvalue weighted by atomic mass is 79.9. The predicted molar refractivity (Wildman–Crippen MR) is 103 cm³/mol. The number of rotatable bonds is 5. The van der Waals surface area contributed by atoms with Crippen molar-refractivity contribution in [3.05, 3.63) is 68.4 Å². The zero-order chi connectivity index (χ0) is 19.6. The molecular formula is C18H12BrClFN3O3.